The van der Waals surface area contributed by atoms with Crippen LogP contribution in [-0.2, 0) is 4.79 Å². The van der Waals surface area contributed by atoms with Crippen LogP contribution < -0.4 is 10.6 Å². The fourth-order valence-electron chi connectivity index (χ4n) is 3.39. The van der Waals surface area contributed by atoms with Crippen LogP contribution in [0.2, 0.25) is 5.02 Å². The van der Waals surface area contributed by atoms with Crippen LogP contribution >= 0.6 is 11.6 Å². The monoisotopic (exact) mass is 293 g/mol. The summed E-state index contributed by atoms with van der Waals surface area (Å²) < 4.78 is 0. The highest BCUT2D eigenvalue weighted by Gasteiger charge is 2.34. The predicted octanol–water partition coefficient (Wildman–Crippen LogP) is 2.98. The van der Waals surface area contributed by atoms with E-state index in [0.29, 0.717) is 16.9 Å². The van der Waals surface area contributed by atoms with E-state index in [1.807, 2.05) is 0 Å². The zero-order chi connectivity index (χ0) is 13.9. The second-order valence-corrected chi connectivity index (χ2v) is 6.23. The molecule has 0 aromatic carbocycles. The number of rotatable bonds is 2. The summed E-state index contributed by atoms with van der Waals surface area (Å²) in [6.45, 7) is 0. The van der Waals surface area contributed by atoms with Crippen LogP contribution in [0.25, 0.3) is 0 Å². The highest BCUT2D eigenvalue weighted by atomic mass is 35.5. The summed E-state index contributed by atoms with van der Waals surface area (Å²) in [5.41, 5.74) is 0. The molecular weight excluding hydrogens is 274 g/mol. The molecule has 0 radical (unpaired) electrons. The third-order valence-electron chi connectivity index (χ3n) is 4.44. The Morgan fingerprint density at radius 2 is 2.15 bits per heavy atom. The molecule has 0 spiro atoms. The van der Waals surface area contributed by atoms with Gasteiger partial charge in [0, 0.05) is 17.3 Å². The van der Waals surface area contributed by atoms with E-state index in [1.165, 1.54) is 25.7 Å². The Morgan fingerprint density at radius 1 is 1.30 bits per heavy atom. The van der Waals surface area contributed by atoms with Gasteiger partial charge in [-0.3, -0.25) is 4.79 Å². The number of fused-ring (bicyclic) bond motifs is 1. The van der Waals surface area contributed by atoms with Gasteiger partial charge in [-0.05, 0) is 43.7 Å². The van der Waals surface area contributed by atoms with Crippen LogP contribution in [0.1, 0.15) is 38.5 Å². The minimum absolute atomic E-state index is 0.00351. The van der Waals surface area contributed by atoms with Gasteiger partial charge in [-0.15, -0.1) is 0 Å². The standard InChI is InChI=1S/C15H20ClN3O/c16-11-7-8-17-14(9-11)19-15(20)13-6-5-10-3-1-2-4-12(10)18-13/h7-10,12-13,18H,1-6H2,(H,17,19,20). The molecule has 1 aliphatic heterocycles. The normalized spacial score (nSPS) is 29.6. The Balaban J connectivity index is 1.60. The lowest BCUT2D eigenvalue weighted by Gasteiger charge is -2.39. The van der Waals surface area contributed by atoms with Gasteiger partial charge < -0.3 is 10.6 Å². The summed E-state index contributed by atoms with van der Waals surface area (Å²) in [7, 11) is 0. The van der Waals surface area contributed by atoms with E-state index in [2.05, 4.69) is 15.6 Å². The second-order valence-electron chi connectivity index (χ2n) is 5.80. The van der Waals surface area contributed by atoms with E-state index in [4.69, 9.17) is 11.6 Å². The van der Waals surface area contributed by atoms with Gasteiger partial charge in [0.15, 0.2) is 0 Å². The van der Waals surface area contributed by atoms with Crippen molar-refractivity contribution in [3.63, 3.8) is 0 Å². The SMILES string of the molecule is O=C(Nc1cc(Cl)ccn1)C1CCC2CCCCC2N1. The van der Waals surface area contributed by atoms with Crippen LogP contribution in [-0.4, -0.2) is 23.0 Å². The van der Waals surface area contributed by atoms with E-state index < -0.39 is 0 Å². The number of pyridine rings is 1. The van der Waals surface area contributed by atoms with Gasteiger partial charge in [-0.25, -0.2) is 4.98 Å². The number of carbonyl (C=O) groups excluding carboxylic acids is 1. The maximum absolute atomic E-state index is 12.3. The molecule has 3 rings (SSSR count). The quantitative estimate of drug-likeness (QED) is 0.881. The predicted molar refractivity (Wildman–Crippen MR) is 79.8 cm³/mol. The molecule has 2 aliphatic rings. The first-order chi connectivity index (χ1) is 9.72. The minimum Gasteiger partial charge on any atom is -0.309 e. The molecule has 1 aromatic heterocycles. The van der Waals surface area contributed by atoms with E-state index >= 15 is 0 Å². The Hall–Kier alpha value is -1.13. The van der Waals surface area contributed by atoms with Gasteiger partial charge in [0.25, 0.3) is 0 Å². The zero-order valence-electron chi connectivity index (χ0n) is 11.4. The van der Waals surface area contributed by atoms with Crippen molar-refractivity contribution in [2.75, 3.05) is 5.32 Å². The molecule has 2 heterocycles. The van der Waals surface area contributed by atoms with E-state index in [0.717, 1.165) is 18.8 Å². The van der Waals surface area contributed by atoms with Crippen LogP contribution in [0.3, 0.4) is 0 Å². The number of amides is 1. The van der Waals surface area contributed by atoms with Crippen molar-refractivity contribution in [2.24, 2.45) is 5.92 Å². The number of halogens is 1. The van der Waals surface area contributed by atoms with Crippen LogP contribution in [0, 0.1) is 5.92 Å². The summed E-state index contributed by atoms with van der Waals surface area (Å²) in [5, 5.41) is 6.95. The average Bonchev–Trinajstić information content (AvgIpc) is 2.47. The van der Waals surface area contributed by atoms with Gasteiger partial charge >= 0.3 is 0 Å². The van der Waals surface area contributed by atoms with Gasteiger partial charge in [0.1, 0.15) is 5.82 Å². The van der Waals surface area contributed by atoms with Gasteiger partial charge in [0.05, 0.1) is 6.04 Å². The molecule has 1 aliphatic carbocycles. The number of anilines is 1. The van der Waals surface area contributed by atoms with Crippen molar-refractivity contribution in [2.45, 2.75) is 50.6 Å². The molecule has 3 atom stereocenters. The van der Waals surface area contributed by atoms with Crippen molar-refractivity contribution in [1.82, 2.24) is 10.3 Å². The molecule has 3 unspecified atom stereocenters. The summed E-state index contributed by atoms with van der Waals surface area (Å²) >= 11 is 5.90. The molecule has 20 heavy (non-hydrogen) atoms. The topological polar surface area (TPSA) is 54.0 Å². The molecule has 108 valence electrons. The first-order valence-corrected chi connectivity index (χ1v) is 7.78. The fraction of sp³-hybridized carbons (Fsp3) is 0.600. The summed E-state index contributed by atoms with van der Waals surface area (Å²) in [5.74, 6) is 1.29. The number of piperidine rings is 1. The molecular formula is C15H20ClN3O. The van der Waals surface area contributed by atoms with Crippen LogP contribution in [0.15, 0.2) is 18.3 Å². The smallest absolute Gasteiger partial charge is 0.242 e. The largest absolute Gasteiger partial charge is 0.309 e. The van der Waals surface area contributed by atoms with Crippen molar-refractivity contribution >= 4 is 23.3 Å². The maximum atomic E-state index is 12.3. The number of nitrogens with one attached hydrogen (secondary N) is 2. The number of hydrogen-bond donors (Lipinski definition) is 2. The number of carbonyl (C=O) groups is 1. The van der Waals surface area contributed by atoms with Gasteiger partial charge in [-0.2, -0.15) is 0 Å². The lowest BCUT2D eigenvalue weighted by Crippen LogP contribution is -2.53. The zero-order valence-corrected chi connectivity index (χ0v) is 12.2. The minimum atomic E-state index is -0.102. The third-order valence-corrected chi connectivity index (χ3v) is 4.68. The number of nitrogens with zero attached hydrogens (tertiary/aromatic N) is 1. The molecule has 1 saturated carbocycles. The summed E-state index contributed by atoms with van der Waals surface area (Å²) in [4.78, 5) is 16.4. The molecule has 0 bridgehead atoms. The van der Waals surface area contributed by atoms with Crippen LogP contribution in [0.4, 0.5) is 5.82 Å². The Bertz CT molecular complexity index is 494. The fourth-order valence-corrected chi connectivity index (χ4v) is 3.55. The van der Waals surface area contributed by atoms with Crippen molar-refractivity contribution in [1.29, 1.82) is 0 Å². The molecule has 1 saturated heterocycles. The Kier molecular flexibility index (Phi) is 4.22. The second kappa shape index (κ2) is 6.10. The first kappa shape index (κ1) is 13.8. The highest BCUT2D eigenvalue weighted by molar-refractivity contribution is 6.30. The molecule has 1 aromatic rings. The number of aromatic nitrogens is 1. The Morgan fingerprint density at radius 3 is 3.00 bits per heavy atom. The molecule has 4 nitrogen and oxygen atoms in total. The van der Waals surface area contributed by atoms with Crippen molar-refractivity contribution in [3.05, 3.63) is 23.4 Å². The first-order valence-electron chi connectivity index (χ1n) is 7.41. The maximum Gasteiger partial charge on any atom is 0.242 e. The van der Waals surface area contributed by atoms with E-state index in [1.54, 1.807) is 18.3 Å². The number of hydrogen-bond acceptors (Lipinski definition) is 3. The van der Waals surface area contributed by atoms with Crippen molar-refractivity contribution < 1.29 is 4.79 Å². The van der Waals surface area contributed by atoms with E-state index in [9.17, 15) is 4.79 Å². The Labute approximate surface area is 124 Å². The molecule has 1 amide bonds. The van der Waals surface area contributed by atoms with Gasteiger partial charge in [-0.1, -0.05) is 24.4 Å². The molecule has 5 heteroatoms. The lowest BCUT2D eigenvalue weighted by atomic mass is 9.77. The average molecular weight is 294 g/mol. The highest BCUT2D eigenvalue weighted by Crippen LogP contribution is 2.32. The summed E-state index contributed by atoms with van der Waals surface area (Å²) in [6, 6.07) is 3.78. The summed E-state index contributed by atoms with van der Waals surface area (Å²) in [6.07, 6.45) is 8.78. The van der Waals surface area contributed by atoms with Crippen molar-refractivity contribution in [3.8, 4) is 0 Å². The van der Waals surface area contributed by atoms with Gasteiger partial charge in [0.2, 0.25) is 5.91 Å². The third kappa shape index (κ3) is 3.13. The van der Waals surface area contributed by atoms with Crippen LogP contribution in [0.5, 0.6) is 0 Å². The molecule has 2 N–H and O–H groups in total. The molecule has 2 fully saturated rings. The van der Waals surface area contributed by atoms with E-state index in [-0.39, 0.29) is 11.9 Å². The lowest BCUT2D eigenvalue weighted by molar-refractivity contribution is -0.119.